The van der Waals surface area contributed by atoms with E-state index in [2.05, 4.69) is 26.3 Å². The van der Waals surface area contributed by atoms with E-state index in [0.717, 1.165) is 6.42 Å². The molecule has 0 aliphatic rings. The van der Waals surface area contributed by atoms with Crippen LogP contribution in [0.25, 0.3) is 0 Å². The van der Waals surface area contributed by atoms with Crippen molar-refractivity contribution in [3.63, 3.8) is 0 Å². The first-order valence-corrected chi connectivity index (χ1v) is 8.30. The van der Waals surface area contributed by atoms with Gasteiger partial charge in [-0.15, -0.1) is 24.0 Å². The summed E-state index contributed by atoms with van der Waals surface area (Å²) in [5, 5.41) is 11.9. The number of nitrogens with zero attached hydrogens (tertiary/aromatic N) is 1. The minimum absolute atomic E-state index is 0. The predicted octanol–water partition coefficient (Wildman–Crippen LogP) is 1.38. The molecule has 142 valence electrons. The molecule has 0 saturated heterocycles. The van der Waals surface area contributed by atoms with Crippen LogP contribution in [-0.2, 0) is 9.59 Å². The number of rotatable bonds is 8. The van der Waals surface area contributed by atoms with Gasteiger partial charge in [-0.2, -0.15) is 0 Å². The van der Waals surface area contributed by atoms with Gasteiger partial charge in [0.25, 0.3) is 0 Å². The number of hydrogen-bond donors (Lipinski definition) is 4. The quantitative estimate of drug-likeness (QED) is 0.253. The molecule has 1 unspecified atom stereocenters. The van der Waals surface area contributed by atoms with Gasteiger partial charge in [0.15, 0.2) is 5.96 Å². The monoisotopic (exact) mass is 455 g/mol. The molecule has 0 fully saturated rings. The molecule has 0 aliphatic carbocycles. The van der Waals surface area contributed by atoms with Crippen LogP contribution in [0, 0.1) is 0 Å². The fourth-order valence-electron chi connectivity index (χ4n) is 1.69. The lowest BCUT2D eigenvalue weighted by atomic mass is 10.1. The molecule has 0 aromatic heterocycles. The second-order valence-electron chi connectivity index (χ2n) is 6.55. The molecular weight excluding hydrogens is 421 g/mol. The number of hydrogen-bond acceptors (Lipinski definition) is 3. The number of amides is 2. The second-order valence-corrected chi connectivity index (χ2v) is 6.55. The molecule has 0 bridgehead atoms. The number of carbonyl (C=O) groups is 2. The first-order valence-electron chi connectivity index (χ1n) is 8.30. The van der Waals surface area contributed by atoms with Gasteiger partial charge in [-0.3, -0.25) is 9.59 Å². The molecule has 24 heavy (non-hydrogen) atoms. The third-order valence-electron chi connectivity index (χ3n) is 2.90. The van der Waals surface area contributed by atoms with Gasteiger partial charge in [0.2, 0.25) is 11.8 Å². The zero-order valence-electron chi connectivity index (χ0n) is 15.8. The Kier molecular flexibility index (Phi) is 13.9. The lowest BCUT2D eigenvalue weighted by Gasteiger charge is -2.20. The summed E-state index contributed by atoms with van der Waals surface area (Å²) in [5.41, 5.74) is -0.271. The van der Waals surface area contributed by atoms with Crippen LogP contribution in [0.4, 0.5) is 0 Å². The number of halogens is 1. The van der Waals surface area contributed by atoms with Gasteiger partial charge in [-0.1, -0.05) is 6.92 Å². The Hall–Kier alpha value is -1.06. The van der Waals surface area contributed by atoms with Crippen molar-refractivity contribution in [1.29, 1.82) is 0 Å². The third kappa shape index (κ3) is 14.5. The van der Waals surface area contributed by atoms with Crippen LogP contribution >= 0.6 is 24.0 Å². The van der Waals surface area contributed by atoms with Gasteiger partial charge in [0.1, 0.15) is 6.54 Å². The molecule has 4 N–H and O–H groups in total. The van der Waals surface area contributed by atoms with E-state index in [1.165, 1.54) is 0 Å². The second kappa shape index (κ2) is 13.3. The first-order chi connectivity index (χ1) is 10.7. The maximum absolute atomic E-state index is 11.8. The van der Waals surface area contributed by atoms with Gasteiger partial charge in [-0.25, -0.2) is 4.99 Å². The maximum Gasteiger partial charge on any atom is 0.242 e. The maximum atomic E-state index is 11.8. The number of aliphatic imine (C=N–C) groups is 1. The Morgan fingerprint density at radius 2 is 1.71 bits per heavy atom. The van der Waals surface area contributed by atoms with Crippen LogP contribution in [0.3, 0.4) is 0 Å². The highest BCUT2D eigenvalue weighted by Gasteiger charge is 2.13. The summed E-state index contributed by atoms with van der Waals surface area (Å²) < 4.78 is 0. The van der Waals surface area contributed by atoms with E-state index in [9.17, 15) is 9.59 Å². The van der Waals surface area contributed by atoms with Crippen molar-refractivity contribution in [2.24, 2.45) is 4.99 Å². The lowest BCUT2D eigenvalue weighted by Crippen LogP contribution is -2.43. The third-order valence-corrected chi connectivity index (χ3v) is 2.90. The van der Waals surface area contributed by atoms with E-state index in [1.807, 2.05) is 41.5 Å². The van der Waals surface area contributed by atoms with Crippen molar-refractivity contribution in [1.82, 2.24) is 21.3 Å². The van der Waals surface area contributed by atoms with E-state index in [0.29, 0.717) is 25.5 Å². The normalized spacial score (nSPS) is 12.7. The fraction of sp³-hybridized carbons (Fsp3) is 0.812. The highest BCUT2D eigenvalue weighted by molar-refractivity contribution is 14.0. The number of nitrogens with one attached hydrogen (secondary N) is 4. The van der Waals surface area contributed by atoms with Crippen LogP contribution < -0.4 is 21.3 Å². The average Bonchev–Trinajstić information content (AvgIpc) is 2.42. The van der Waals surface area contributed by atoms with E-state index >= 15 is 0 Å². The highest BCUT2D eigenvalue weighted by atomic mass is 127. The molecule has 0 radical (unpaired) electrons. The smallest absolute Gasteiger partial charge is 0.242 e. The summed E-state index contributed by atoms with van der Waals surface area (Å²) in [6, 6.07) is 0.186. The zero-order valence-corrected chi connectivity index (χ0v) is 18.1. The predicted molar refractivity (Wildman–Crippen MR) is 110 cm³/mol. The Labute approximate surface area is 163 Å². The van der Waals surface area contributed by atoms with Crippen molar-refractivity contribution in [2.75, 3.05) is 19.6 Å². The minimum atomic E-state index is -0.271. The topological polar surface area (TPSA) is 94.6 Å². The largest absolute Gasteiger partial charge is 0.357 e. The lowest BCUT2D eigenvalue weighted by molar-refractivity contribution is -0.122. The molecule has 0 aromatic carbocycles. The summed E-state index contributed by atoms with van der Waals surface area (Å²) in [4.78, 5) is 27.7. The fourth-order valence-corrected chi connectivity index (χ4v) is 1.69. The van der Waals surface area contributed by atoms with E-state index in [4.69, 9.17) is 0 Å². The van der Waals surface area contributed by atoms with Gasteiger partial charge < -0.3 is 21.3 Å². The van der Waals surface area contributed by atoms with Gasteiger partial charge in [0, 0.05) is 31.1 Å². The Balaban J connectivity index is 0. The van der Waals surface area contributed by atoms with Crippen molar-refractivity contribution in [2.45, 2.75) is 66.0 Å². The van der Waals surface area contributed by atoms with Crippen LogP contribution in [0.5, 0.6) is 0 Å². The Morgan fingerprint density at radius 3 is 2.21 bits per heavy atom. The first kappa shape index (κ1) is 25.2. The minimum Gasteiger partial charge on any atom is -0.357 e. The zero-order chi connectivity index (χ0) is 17.9. The molecule has 2 amide bonds. The molecule has 1 atom stereocenters. The summed E-state index contributed by atoms with van der Waals surface area (Å²) >= 11 is 0. The summed E-state index contributed by atoms with van der Waals surface area (Å²) in [5.74, 6) is 0.408. The molecular formula is C16H34IN5O2. The van der Waals surface area contributed by atoms with Crippen LogP contribution in [0.2, 0.25) is 0 Å². The number of carbonyl (C=O) groups excluding carboxylic acids is 2. The van der Waals surface area contributed by atoms with Gasteiger partial charge in [-0.05, 0) is 41.0 Å². The molecule has 0 aliphatic heterocycles. The molecule has 0 aromatic rings. The Morgan fingerprint density at radius 1 is 1.08 bits per heavy atom. The average molecular weight is 455 g/mol. The summed E-state index contributed by atoms with van der Waals surface area (Å²) in [7, 11) is 0. The Bertz CT molecular complexity index is 408. The summed E-state index contributed by atoms with van der Waals surface area (Å²) in [6.45, 7) is 12.9. The number of guanidine groups is 1. The SMILES string of the molecule is CCNC(=NCC(=O)NC(C)(C)C)NCCC(=O)NC(C)CC.I. The molecule has 7 nitrogen and oxygen atoms in total. The van der Waals surface area contributed by atoms with Crippen LogP contribution in [0.1, 0.15) is 54.4 Å². The molecule has 8 heteroatoms. The van der Waals surface area contributed by atoms with Crippen LogP contribution in [-0.4, -0.2) is 49.0 Å². The standard InChI is InChI=1S/C16H33N5O2.HI/c1-7-12(3)20-13(22)9-10-18-15(17-8-2)19-11-14(23)21-16(4,5)6;/h12H,7-11H2,1-6H3,(H,20,22)(H,21,23)(H2,17,18,19);1H. The summed E-state index contributed by atoms with van der Waals surface area (Å²) in [6.07, 6.45) is 1.27. The molecule has 0 spiro atoms. The van der Waals surface area contributed by atoms with Crippen molar-refractivity contribution in [3.05, 3.63) is 0 Å². The van der Waals surface area contributed by atoms with Crippen molar-refractivity contribution < 1.29 is 9.59 Å². The van der Waals surface area contributed by atoms with Gasteiger partial charge >= 0.3 is 0 Å². The van der Waals surface area contributed by atoms with E-state index < -0.39 is 0 Å². The molecule has 0 saturated carbocycles. The van der Waals surface area contributed by atoms with Gasteiger partial charge in [0.05, 0.1) is 0 Å². The van der Waals surface area contributed by atoms with Crippen molar-refractivity contribution in [3.8, 4) is 0 Å². The highest BCUT2D eigenvalue weighted by Crippen LogP contribution is 1.97. The molecule has 0 rings (SSSR count). The molecule has 0 heterocycles. The van der Waals surface area contributed by atoms with E-state index in [1.54, 1.807) is 0 Å². The van der Waals surface area contributed by atoms with Crippen molar-refractivity contribution >= 4 is 41.8 Å². The van der Waals surface area contributed by atoms with E-state index in [-0.39, 0.29) is 53.9 Å². The van der Waals surface area contributed by atoms with Crippen LogP contribution in [0.15, 0.2) is 4.99 Å².